The van der Waals surface area contributed by atoms with E-state index in [1.54, 1.807) is 0 Å². The average Bonchev–Trinajstić information content (AvgIpc) is 3.65. The fourth-order valence-corrected chi connectivity index (χ4v) is 12.7. The summed E-state index contributed by atoms with van der Waals surface area (Å²) in [6.45, 7) is 32.9. The monoisotopic (exact) mass is 1000 g/mol. The Morgan fingerprint density at radius 3 is 1.47 bits per heavy atom. The third-order valence-corrected chi connectivity index (χ3v) is 17.0. The molecule has 2 aliphatic heterocycles. The standard InChI is InChI=1S/C73H74BN3/c1-69(2,3)48-34-32-47(33-35-48)57-42-49(70(4,5)6)36-40-61(57)76-62-41-37-50(71(7,8)9)43-60(62)74-59-39-38-54(75(52-24-17-15-18-25-52)53-26-19-16-20-27-53)46-64(59)77(66-45-51(72(10,11)12)44-65(76)68(66)74)63-31-23-29-56-55-28-21-22-30-58(55)73(13,14)67(56)63/h15-46H,1-14H3. The highest BCUT2D eigenvalue weighted by Crippen LogP contribution is 2.56. The van der Waals surface area contributed by atoms with Crippen LogP contribution in [0.25, 0.3) is 22.3 Å². The molecule has 4 heteroatoms. The van der Waals surface area contributed by atoms with Crippen LogP contribution >= 0.6 is 0 Å². The highest BCUT2D eigenvalue weighted by Gasteiger charge is 2.47. The molecule has 3 aliphatic rings. The van der Waals surface area contributed by atoms with Gasteiger partial charge < -0.3 is 14.7 Å². The van der Waals surface area contributed by atoms with Crippen molar-refractivity contribution in [2.45, 2.75) is 124 Å². The molecule has 0 bridgehead atoms. The Morgan fingerprint density at radius 1 is 0.351 bits per heavy atom. The molecular formula is C73H74BN3. The topological polar surface area (TPSA) is 9.72 Å². The first-order chi connectivity index (χ1) is 36.5. The fourth-order valence-electron chi connectivity index (χ4n) is 12.7. The third-order valence-electron chi connectivity index (χ3n) is 17.0. The van der Waals surface area contributed by atoms with Crippen LogP contribution in [0.2, 0.25) is 0 Å². The van der Waals surface area contributed by atoms with Crippen LogP contribution in [0.5, 0.6) is 0 Å². The van der Waals surface area contributed by atoms with Gasteiger partial charge >= 0.3 is 0 Å². The van der Waals surface area contributed by atoms with Crippen molar-refractivity contribution in [3.05, 3.63) is 228 Å². The molecule has 1 aliphatic carbocycles. The van der Waals surface area contributed by atoms with Gasteiger partial charge in [-0.25, -0.2) is 0 Å². The van der Waals surface area contributed by atoms with E-state index in [0.717, 1.165) is 17.1 Å². The van der Waals surface area contributed by atoms with Crippen LogP contribution in [0.4, 0.5) is 51.2 Å². The molecule has 0 saturated carbocycles. The van der Waals surface area contributed by atoms with E-state index in [0.29, 0.717) is 0 Å². The van der Waals surface area contributed by atoms with Crippen molar-refractivity contribution in [1.82, 2.24) is 0 Å². The predicted octanol–water partition coefficient (Wildman–Crippen LogP) is 18.4. The second-order valence-corrected chi connectivity index (χ2v) is 26.7. The zero-order valence-electron chi connectivity index (χ0n) is 47.9. The van der Waals surface area contributed by atoms with E-state index in [1.807, 2.05) is 0 Å². The highest BCUT2D eigenvalue weighted by molar-refractivity contribution is 7.00. The Bertz CT molecular complexity index is 3720. The van der Waals surface area contributed by atoms with Gasteiger partial charge in [0.2, 0.25) is 0 Å². The minimum atomic E-state index is -0.272. The molecule has 12 rings (SSSR count). The lowest BCUT2D eigenvalue weighted by Crippen LogP contribution is -2.61. The van der Waals surface area contributed by atoms with Gasteiger partial charge in [0.05, 0.1) is 11.4 Å². The molecule has 0 aromatic heterocycles. The lowest BCUT2D eigenvalue weighted by molar-refractivity contribution is 0.589. The molecular weight excluding hydrogens is 930 g/mol. The number of nitrogens with zero attached hydrogens (tertiary/aromatic N) is 3. The second-order valence-electron chi connectivity index (χ2n) is 26.7. The molecule has 2 heterocycles. The molecule has 9 aromatic carbocycles. The summed E-state index contributed by atoms with van der Waals surface area (Å²) in [5, 5.41) is 0. The number of rotatable bonds is 6. The van der Waals surface area contributed by atoms with Crippen LogP contribution in [0.3, 0.4) is 0 Å². The van der Waals surface area contributed by atoms with Gasteiger partial charge in [0.25, 0.3) is 6.71 Å². The van der Waals surface area contributed by atoms with Crippen LogP contribution in [0.1, 0.15) is 130 Å². The number of benzene rings is 9. The van der Waals surface area contributed by atoms with E-state index in [1.165, 1.54) is 106 Å². The van der Waals surface area contributed by atoms with Crippen molar-refractivity contribution in [2.75, 3.05) is 14.7 Å². The first-order valence-electron chi connectivity index (χ1n) is 28.0. The summed E-state index contributed by atoms with van der Waals surface area (Å²) in [5.41, 5.74) is 27.1. The Balaban J connectivity index is 1.21. The quantitative estimate of drug-likeness (QED) is 0.154. The van der Waals surface area contributed by atoms with Crippen molar-refractivity contribution in [1.29, 1.82) is 0 Å². The van der Waals surface area contributed by atoms with Gasteiger partial charge in [-0.1, -0.05) is 218 Å². The molecule has 0 N–H and O–H groups in total. The molecule has 0 fully saturated rings. The van der Waals surface area contributed by atoms with Crippen molar-refractivity contribution in [3.8, 4) is 22.3 Å². The second kappa shape index (κ2) is 17.7. The number of fused-ring (bicyclic) bond motifs is 7. The summed E-state index contributed by atoms with van der Waals surface area (Å²) < 4.78 is 0. The molecule has 0 unspecified atom stereocenters. The van der Waals surface area contributed by atoms with E-state index >= 15 is 0 Å². The van der Waals surface area contributed by atoms with Crippen LogP contribution in [0, 0.1) is 0 Å². The van der Waals surface area contributed by atoms with E-state index < -0.39 is 0 Å². The van der Waals surface area contributed by atoms with E-state index in [4.69, 9.17) is 0 Å². The van der Waals surface area contributed by atoms with Gasteiger partial charge in [-0.2, -0.15) is 0 Å². The lowest BCUT2D eigenvalue weighted by atomic mass is 9.33. The van der Waals surface area contributed by atoms with Gasteiger partial charge in [0, 0.05) is 50.8 Å². The maximum atomic E-state index is 2.69. The summed E-state index contributed by atoms with van der Waals surface area (Å²) in [6.07, 6.45) is 0. The highest BCUT2D eigenvalue weighted by atomic mass is 15.2. The summed E-state index contributed by atoms with van der Waals surface area (Å²) in [5.74, 6) is 0. The van der Waals surface area contributed by atoms with Gasteiger partial charge in [-0.15, -0.1) is 0 Å². The molecule has 0 amide bonds. The van der Waals surface area contributed by atoms with Gasteiger partial charge in [-0.3, -0.25) is 0 Å². The Labute approximate surface area is 460 Å². The van der Waals surface area contributed by atoms with Crippen LogP contribution < -0.4 is 31.1 Å². The third kappa shape index (κ3) is 8.33. The maximum Gasteiger partial charge on any atom is 0.252 e. The molecule has 0 saturated heterocycles. The van der Waals surface area contributed by atoms with E-state index in [9.17, 15) is 0 Å². The molecule has 0 spiro atoms. The normalized spacial score (nSPS) is 14.4. The molecule has 0 radical (unpaired) electrons. The minimum Gasteiger partial charge on any atom is -0.311 e. The van der Waals surface area contributed by atoms with Crippen LogP contribution in [0.15, 0.2) is 194 Å². The van der Waals surface area contributed by atoms with Crippen LogP contribution in [-0.2, 0) is 27.1 Å². The van der Waals surface area contributed by atoms with Gasteiger partial charge in [0.1, 0.15) is 0 Å². The molecule has 3 nitrogen and oxygen atoms in total. The van der Waals surface area contributed by atoms with Gasteiger partial charge in [0.15, 0.2) is 0 Å². The van der Waals surface area contributed by atoms with Crippen LogP contribution in [-0.4, -0.2) is 6.71 Å². The largest absolute Gasteiger partial charge is 0.311 e. The summed E-state index contributed by atoms with van der Waals surface area (Å²) in [6, 6.07) is 74.5. The summed E-state index contributed by atoms with van der Waals surface area (Å²) in [7, 11) is 0. The summed E-state index contributed by atoms with van der Waals surface area (Å²) >= 11 is 0. The van der Waals surface area contributed by atoms with Crippen molar-refractivity contribution < 1.29 is 0 Å². The van der Waals surface area contributed by atoms with Crippen molar-refractivity contribution in [3.63, 3.8) is 0 Å². The maximum absolute atomic E-state index is 2.69. The lowest BCUT2D eigenvalue weighted by Gasteiger charge is -2.46. The molecule has 77 heavy (non-hydrogen) atoms. The van der Waals surface area contributed by atoms with E-state index in [2.05, 4.69) is 306 Å². The van der Waals surface area contributed by atoms with Crippen molar-refractivity contribution in [2.24, 2.45) is 0 Å². The number of anilines is 9. The smallest absolute Gasteiger partial charge is 0.252 e. The van der Waals surface area contributed by atoms with Crippen molar-refractivity contribution >= 4 is 74.3 Å². The molecule has 384 valence electrons. The SMILES string of the molecule is CC(C)(C)c1ccc(-c2cc(C(C)(C)C)ccc2N2c3ccc(C(C)(C)C)cc3B3c4ccc(N(c5ccccc5)c5ccccc5)cc4N(c4cccc5c4C(C)(C)c4ccccc4-5)c4cc(C(C)(C)C)cc2c43)cc1. The first kappa shape index (κ1) is 50.3. The molecule has 9 aromatic rings. The summed E-state index contributed by atoms with van der Waals surface area (Å²) in [4.78, 5) is 7.77. The minimum absolute atomic E-state index is 0.0356. The Morgan fingerprint density at radius 2 is 0.870 bits per heavy atom. The molecule has 0 atom stereocenters. The predicted molar refractivity (Wildman–Crippen MR) is 333 cm³/mol. The zero-order chi connectivity index (χ0) is 54.1. The first-order valence-corrected chi connectivity index (χ1v) is 28.0. The number of para-hydroxylation sites is 2. The Kier molecular flexibility index (Phi) is 11.6. The number of hydrogen-bond acceptors (Lipinski definition) is 3. The van der Waals surface area contributed by atoms with E-state index in [-0.39, 0.29) is 33.8 Å². The van der Waals surface area contributed by atoms with Gasteiger partial charge in [-0.05, 0) is 161 Å². The number of hydrogen-bond donors (Lipinski definition) is 0. The average molecular weight is 1000 g/mol. The fraction of sp³-hybridized carbons (Fsp3) is 0.260. The zero-order valence-corrected chi connectivity index (χ0v) is 47.9. The Hall–Kier alpha value is -7.56.